The molecule has 7 nitrogen and oxygen atoms in total. The van der Waals surface area contributed by atoms with Crippen molar-refractivity contribution in [3.63, 3.8) is 0 Å². The summed E-state index contributed by atoms with van der Waals surface area (Å²) in [5.74, 6) is 1.60. The Balaban J connectivity index is 1.51. The predicted octanol–water partition coefficient (Wildman–Crippen LogP) is 2.70. The molecule has 2 aromatic heterocycles. The normalized spacial score (nSPS) is 15.6. The number of rotatable bonds is 4. The number of sulfonamides is 1. The van der Waals surface area contributed by atoms with E-state index >= 15 is 0 Å². The highest BCUT2D eigenvalue weighted by atomic mass is 32.2. The molecular weight excluding hydrogens is 386 g/mol. The van der Waals surface area contributed by atoms with Gasteiger partial charge in [0.2, 0.25) is 10.0 Å². The van der Waals surface area contributed by atoms with Gasteiger partial charge in [-0.25, -0.2) is 18.4 Å². The summed E-state index contributed by atoms with van der Waals surface area (Å²) in [7, 11) is -3.51. The molecule has 0 atom stereocenters. The van der Waals surface area contributed by atoms with Crippen LogP contribution < -0.4 is 4.90 Å². The Labute approximate surface area is 171 Å². The van der Waals surface area contributed by atoms with E-state index in [4.69, 9.17) is 0 Å². The molecule has 1 fully saturated rings. The molecule has 0 N–H and O–H groups in total. The van der Waals surface area contributed by atoms with Crippen LogP contribution in [0.4, 0.5) is 5.82 Å². The van der Waals surface area contributed by atoms with E-state index in [1.165, 1.54) is 0 Å². The van der Waals surface area contributed by atoms with E-state index in [1.54, 1.807) is 16.7 Å². The number of aromatic nitrogens is 3. The number of aryl methyl sites for hydroxylation is 3. The SMILES string of the molecule is Cc1cc(C)c(S(=O)(=O)N2CCN(c3cc(-n4cccc4)ncn3)CC2)cc1C. The number of nitrogens with zero attached hydrogens (tertiary/aromatic N) is 5. The summed E-state index contributed by atoms with van der Waals surface area (Å²) in [5.41, 5.74) is 2.89. The largest absolute Gasteiger partial charge is 0.354 e. The molecule has 0 aliphatic carbocycles. The molecule has 0 amide bonds. The molecule has 0 radical (unpaired) electrons. The maximum absolute atomic E-state index is 13.2. The highest BCUT2D eigenvalue weighted by Gasteiger charge is 2.30. The quantitative estimate of drug-likeness (QED) is 0.660. The minimum absolute atomic E-state index is 0.408. The molecule has 3 aromatic rings. The Morgan fingerprint density at radius 2 is 1.41 bits per heavy atom. The third-order valence-corrected chi connectivity index (χ3v) is 7.52. The summed E-state index contributed by atoms with van der Waals surface area (Å²) in [6, 6.07) is 9.56. The second-order valence-electron chi connectivity index (χ2n) is 7.42. The third kappa shape index (κ3) is 3.77. The summed E-state index contributed by atoms with van der Waals surface area (Å²) < 4.78 is 29.9. The molecule has 29 heavy (non-hydrogen) atoms. The van der Waals surface area contributed by atoms with Crippen LogP contribution in [0, 0.1) is 20.8 Å². The van der Waals surface area contributed by atoms with Crippen LogP contribution in [-0.4, -0.2) is 53.4 Å². The second kappa shape index (κ2) is 7.61. The lowest BCUT2D eigenvalue weighted by molar-refractivity contribution is 0.383. The number of hydrogen-bond acceptors (Lipinski definition) is 5. The fraction of sp³-hybridized carbons (Fsp3) is 0.333. The standard InChI is InChI=1S/C21H25N5O2S/c1-16-12-18(3)19(13-17(16)2)29(27,28)26-10-8-25(9-11-26)21-14-20(22-15-23-21)24-6-4-5-7-24/h4-7,12-15H,8-11H2,1-3H3. The van der Waals surface area contributed by atoms with E-state index in [0.717, 1.165) is 28.3 Å². The minimum Gasteiger partial charge on any atom is -0.354 e. The average Bonchev–Trinajstić information content (AvgIpc) is 3.26. The highest BCUT2D eigenvalue weighted by Crippen LogP contribution is 2.25. The minimum atomic E-state index is -3.51. The molecule has 0 spiro atoms. The van der Waals surface area contributed by atoms with Crippen molar-refractivity contribution in [2.75, 3.05) is 31.1 Å². The van der Waals surface area contributed by atoms with Crippen molar-refractivity contribution in [1.29, 1.82) is 0 Å². The van der Waals surface area contributed by atoms with Crippen molar-refractivity contribution in [2.24, 2.45) is 0 Å². The number of anilines is 1. The molecule has 152 valence electrons. The van der Waals surface area contributed by atoms with E-state index in [2.05, 4.69) is 14.9 Å². The fourth-order valence-electron chi connectivity index (χ4n) is 3.65. The Morgan fingerprint density at radius 1 is 0.793 bits per heavy atom. The molecule has 1 aromatic carbocycles. The molecular formula is C21H25N5O2S. The Hall–Kier alpha value is -2.71. The van der Waals surface area contributed by atoms with Crippen molar-refractivity contribution < 1.29 is 8.42 Å². The Kier molecular flexibility index (Phi) is 5.14. The first-order valence-corrected chi connectivity index (χ1v) is 11.1. The van der Waals surface area contributed by atoms with Gasteiger partial charge in [0.1, 0.15) is 18.0 Å². The zero-order valence-corrected chi connectivity index (χ0v) is 17.7. The first-order valence-electron chi connectivity index (χ1n) is 9.64. The van der Waals surface area contributed by atoms with Crippen LogP contribution in [0.5, 0.6) is 0 Å². The predicted molar refractivity (Wildman–Crippen MR) is 113 cm³/mol. The summed E-state index contributed by atoms with van der Waals surface area (Å²) >= 11 is 0. The number of benzene rings is 1. The van der Waals surface area contributed by atoms with Crippen molar-refractivity contribution in [3.8, 4) is 5.82 Å². The van der Waals surface area contributed by atoms with Crippen LogP contribution in [0.2, 0.25) is 0 Å². The van der Waals surface area contributed by atoms with Crippen molar-refractivity contribution in [1.82, 2.24) is 18.8 Å². The zero-order valence-electron chi connectivity index (χ0n) is 16.9. The van der Waals surface area contributed by atoms with Crippen LogP contribution in [-0.2, 0) is 10.0 Å². The van der Waals surface area contributed by atoms with Crippen molar-refractivity contribution >= 4 is 15.8 Å². The molecule has 4 rings (SSSR count). The molecule has 0 unspecified atom stereocenters. The second-order valence-corrected chi connectivity index (χ2v) is 9.32. The van der Waals surface area contributed by atoms with Gasteiger partial charge in [0, 0.05) is 44.6 Å². The van der Waals surface area contributed by atoms with Gasteiger partial charge in [-0.05, 0) is 55.7 Å². The lowest BCUT2D eigenvalue weighted by atomic mass is 10.1. The van der Waals surface area contributed by atoms with E-state index < -0.39 is 10.0 Å². The maximum atomic E-state index is 13.2. The van der Waals surface area contributed by atoms with E-state index in [9.17, 15) is 8.42 Å². The fourth-order valence-corrected chi connectivity index (χ4v) is 5.36. The van der Waals surface area contributed by atoms with Gasteiger partial charge in [-0.1, -0.05) is 6.07 Å². The molecule has 1 aliphatic rings. The summed E-state index contributed by atoms with van der Waals surface area (Å²) in [5, 5.41) is 0. The Morgan fingerprint density at radius 3 is 2.10 bits per heavy atom. The van der Waals surface area contributed by atoms with Gasteiger partial charge in [0.05, 0.1) is 4.90 Å². The molecule has 1 aliphatic heterocycles. The first kappa shape index (κ1) is 19.6. The van der Waals surface area contributed by atoms with Gasteiger partial charge < -0.3 is 9.47 Å². The monoisotopic (exact) mass is 411 g/mol. The summed E-state index contributed by atoms with van der Waals surface area (Å²) in [6.45, 7) is 7.84. The van der Waals surface area contributed by atoms with Crippen molar-refractivity contribution in [2.45, 2.75) is 25.7 Å². The van der Waals surface area contributed by atoms with Gasteiger partial charge in [-0.15, -0.1) is 0 Å². The molecule has 3 heterocycles. The molecule has 1 saturated heterocycles. The van der Waals surface area contributed by atoms with E-state index in [-0.39, 0.29) is 0 Å². The lowest BCUT2D eigenvalue weighted by Crippen LogP contribution is -2.49. The maximum Gasteiger partial charge on any atom is 0.243 e. The van der Waals surface area contributed by atoms with Crippen molar-refractivity contribution in [3.05, 3.63) is 65.7 Å². The highest BCUT2D eigenvalue weighted by molar-refractivity contribution is 7.89. The zero-order chi connectivity index (χ0) is 20.6. The lowest BCUT2D eigenvalue weighted by Gasteiger charge is -2.35. The van der Waals surface area contributed by atoms with Gasteiger partial charge in [0.25, 0.3) is 0 Å². The van der Waals surface area contributed by atoms with Gasteiger partial charge in [-0.3, -0.25) is 0 Å². The molecule has 8 heteroatoms. The Bertz CT molecular complexity index is 1120. The van der Waals surface area contributed by atoms with E-state index in [1.807, 2.05) is 62.0 Å². The van der Waals surface area contributed by atoms with Crippen LogP contribution in [0.1, 0.15) is 16.7 Å². The van der Waals surface area contributed by atoms with Crippen LogP contribution in [0.15, 0.2) is 53.9 Å². The van der Waals surface area contributed by atoms with E-state index in [0.29, 0.717) is 31.1 Å². The molecule has 0 bridgehead atoms. The first-order chi connectivity index (χ1) is 13.9. The summed E-state index contributed by atoms with van der Waals surface area (Å²) in [6.07, 6.45) is 5.41. The third-order valence-electron chi connectivity index (χ3n) is 5.48. The smallest absolute Gasteiger partial charge is 0.243 e. The van der Waals surface area contributed by atoms with Gasteiger partial charge in [0.15, 0.2) is 0 Å². The number of hydrogen-bond donors (Lipinski definition) is 0. The van der Waals surface area contributed by atoms with Crippen LogP contribution in [0.3, 0.4) is 0 Å². The number of piperazine rings is 1. The molecule has 0 saturated carbocycles. The topological polar surface area (TPSA) is 71.3 Å². The van der Waals surface area contributed by atoms with Gasteiger partial charge >= 0.3 is 0 Å². The average molecular weight is 412 g/mol. The van der Waals surface area contributed by atoms with Crippen LogP contribution in [0.25, 0.3) is 5.82 Å². The van der Waals surface area contributed by atoms with Gasteiger partial charge in [-0.2, -0.15) is 4.31 Å². The summed E-state index contributed by atoms with van der Waals surface area (Å²) in [4.78, 5) is 11.2. The van der Waals surface area contributed by atoms with Crippen LogP contribution >= 0.6 is 0 Å².